The number of aliphatic hydroxyl groups is 1. The zero-order valence-corrected chi connectivity index (χ0v) is 16.3. The number of ether oxygens (including phenoxy) is 2. The number of aliphatic hydroxyl groups excluding tert-OH is 1. The van der Waals surface area contributed by atoms with Crippen LogP contribution in [0.15, 0.2) is 54.2 Å². The number of carbonyl (C=O) groups excluding carboxylic acids is 2. The molecular weight excluding hydrogens is 384 g/mol. The lowest BCUT2D eigenvalue weighted by atomic mass is 9.95. The Kier molecular flexibility index (Phi) is 4.24. The van der Waals surface area contributed by atoms with Crippen LogP contribution in [-0.4, -0.2) is 40.0 Å². The van der Waals surface area contributed by atoms with Crippen LogP contribution in [0.3, 0.4) is 0 Å². The lowest BCUT2D eigenvalue weighted by Gasteiger charge is -2.24. The van der Waals surface area contributed by atoms with Crippen molar-refractivity contribution in [3.63, 3.8) is 0 Å². The molecular formula is C23H20N2O5. The highest BCUT2D eigenvalue weighted by Crippen LogP contribution is 2.43. The number of likely N-dealkylation sites (tertiary alicyclic amines) is 1. The number of rotatable bonds is 4. The number of Topliss-reactive ketones (excluding diaryl/α,β-unsaturated/α-hetero) is 1. The third kappa shape index (κ3) is 2.66. The van der Waals surface area contributed by atoms with Gasteiger partial charge < -0.3 is 24.5 Å². The van der Waals surface area contributed by atoms with Gasteiger partial charge in [0, 0.05) is 34.8 Å². The van der Waals surface area contributed by atoms with Gasteiger partial charge in [0.05, 0.1) is 11.6 Å². The summed E-state index contributed by atoms with van der Waals surface area (Å²) in [4.78, 5) is 30.6. The first-order valence-corrected chi connectivity index (χ1v) is 9.84. The van der Waals surface area contributed by atoms with Gasteiger partial charge in [0.1, 0.15) is 5.76 Å². The number of carbonyl (C=O) groups is 2. The molecule has 1 unspecified atom stereocenters. The number of nitrogens with zero attached hydrogens (tertiary/aromatic N) is 1. The molecule has 7 heteroatoms. The zero-order valence-electron chi connectivity index (χ0n) is 16.3. The van der Waals surface area contributed by atoms with Crippen LogP contribution in [0, 0.1) is 0 Å². The normalized spacial score (nSPS) is 19.8. The highest BCUT2D eigenvalue weighted by atomic mass is 16.7. The Morgan fingerprint density at radius 2 is 1.97 bits per heavy atom. The van der Waals surface area contributed by atoms with Crippen LogP contribution in [-0.2, 0) is 9.59 Å². The molecule has 2 aliphatic rings. The van der Waals surface area contributed by atoms with Crippen LogP contribution >= 0.6 is 0 Å². The summed E-state index contributed by atoms with van der Waals surface area (Å²) >= 11 is 0. The van der Waals surface area contributed by atoms with Crippen molar-refractivity contribution in [1.82, 2.24) is 9.88 Å². The number of ketones is 1. The minimum absolute atomic E-state index is 0.0806. The van der Waals surface area contributed by atoms with Crippen LogP contribution in [0.4, 0.5) is 0 Å². The molecule has 1 saturated heterocycles. The number of fused-ring (bicyclic) bond motifs is 2. The Balaban J connectivity index is 1.70. The number of amides is 1. The highest BCUT2D eigenvalue weighted by Gasteiger charge is 2.46. The van der Waals surface area contributed by atoms with Gasteiger partial charge in [0.2, 0.25) is 6.79 Å². The number of para-hydroxylation sites is 1. The van der Waals surface area contributed by atoms with Crippen molar-refractivity contribution in [1.29, 1.82) is 0 Å². The molecule has 1 fully saturated rings. The largest absolute Gasteiger partial charge is 0.507 e. The summed E-state index contributed by atoms with van der Waals surface area (Å²) in [5.74, 6) is -0.444. The summed E-state index contributed by atoms with van der Waals surface area (Å²) in [6.45, 7) is 2.46. The van der Waals surface area contributed by atoms with Gasteiger partial charge in [-0.1, -0.05) is 25.1 Å². The molecule has 152 valence electrons. The Bertz CT molecular complexity index is 1210. The quantitative estimate of drug-likeness (QED) is 0.393. The second-order valence-electron chi connectivity index (χ2n) is 7.35. The molecule has 2 N–H and O–H groups in total. The molecule has 5 rings (SSSR count). The lowest BCUT2D eigenvalue weighted by Crippen LogP contribution is -2.30. The van der Waals surface area contributed by atoms with Crippen molar-refractivity contribution in [3.8, 4) is 11.5 Å². The van der Waals surface area contributed by atoms with E-state index in [9.17, 15) is 14.7 Å². The summed E-state index contributed by atoms with van der Waals surface area (Å²) in [6.07, 6.45) is 2.49. The highest BCUT2D eigenvalue weighted by molar-refractivity contribution is 6.46. The average Bonchev–Trinajstić information content (AvgIpc) is 3.46. The van der Waals surface area contributed by atoms with Crippen LogP contribution in [0.25, 0.3) is 16.7 Å². The van der Waals surface area contributed by atoms with E-state index in [1.807, 2.05) is 31.2 Å². The van der Waals surface area contributed by atoms with Gasteiger partial charge in [-0.2, -0.15) is 0 Å². The van der Waals surface area contributed by atoms with Gasteiger partial charge in [-0.15, -0.1) is 0 Å². The molecule has 1 amide bonds. The van der Waals surface area contributed by atoms with E-state index in [1.54, 1.807) is 24.4 Å². The summed E-state index contributed by atoms with van der Waals surface area (Å²) in [5, 5.41) is 12.0. The molecule has 1 atom stereocenters. The SMILES string of the molecule is CCCN1C(=O)C(=O)/C(=C(/O)c2ccc3c(c2)OCO3)C1c1c[nH]c2ccccc12. The van der Waals surface area contributed by atoms with Gasteiger partial charge in [-0.25, -0.2) is 0 Å². The fourth-order valence-electron chi connectivity index (χ4n) is 4.19. The first kappa shape index (κ1) is 18.3. The molecule has 3 heterocycles. The maximum atomic E-state index is 13.0. The standard InChI is InChI=1S/C23H20N2O5/c1-2-9-25-20(15-11-24-16-6-4-3-5-14(15)16)19(22(27)23(25)28)21(26)13-7-8-17-18(10-13)30-12-29-17/h3-8,10-11,20,24,26H,2,9,12H2,1H3/b21-19+. The minimum atomic E-state index is -0.686. The molecule has 0 bridgehead atoms. The van der Waals surface area contributed by atoms with Crippen molar-refractivity contribution >= 4 is 28.4 Å². The van der Waals surface area contributed by atoms with Crippen molar-refractivity contribution in [2.45, 2.75) is 19.4 Å². The second-order valence-corrected chi connectivity index (χ2v) is 7.35. The van der Waals surface area contributed by atoms with Crippen molar-refractivity contribution in [3.05, 3.63) is 65.4 Å². The summed E-state index contributed by atoms with van der Waals surface area (Å²) in [6, 6.07) is 12.0. The lowest BCUT2D eigenvalue weighted by molar-refractivity contribution is -0.139. The molecule has 2 aromatic carbocycles. The first-order valence-electron chi connectivity index (χ1n) is 9.84. The summed E-state index contributed by atoms with van der Waals surface area (Å²) in [7, 11) is 0. The predicted octanol–water partition coefficient (Wildman–Crippen LogP) is 3.73. The zero-order chi connectivity index (χ0) is 20.8. The second kappa shape index (κ2) is 6.95. The number of aromatic nitrogens is 1. The smallest absolute Gasteiger partial charge is 0.295 e. The van der Waals surface area contributed by atoms with Crippen LogP contribution in [0.2, 0.25) is 0 Å². The van der Waals surface area contributed by atoms with E-state index in [1.165, 1.54) is 4.90 Å². The third-order valence-corrected chi connectivity index (χ3v) is 5.57. The minimum Gasteiger partial charge on any atom is -0.507 e. The third-order valence-electron chi connectivity index (χ3n) is 5.57. The van der Waals surface area contributed by atoms with Gasteiger partial charge >= 0.3 is 0 Å². The summed E-state index contributed by atoms with van der Waals surface area (Å²) in [5.41, 5.74) is 2.16. The van der Waals surface area contributed by atoms with E-state index in [4.69, 9.17) is 9.47 Å². The molecule has 0 aliphatic carbocycles. The molecule has 3 aromatic rings. The van der Waals surface area contributed by atoms with E-state index >= 15 is 0 Å². The molecule has 30 heavy (non-hydrogen) atoms. The fourth-order valence-corrected chi connectivity index (χ4v) is 4.19. The van der Waals surface area contributed by atoms with Crippen LogP contribution < -0.4 is 9.47 Å². The molecule has 7 nitrogen and oxygen atoms in total. The Morgan fingerprint density at radius 1 is 1.17 bits per heavy atom. The predicted molar refractivity (Wildman–Crippen MR) is 110 cm³/mol. The molecule has 0 spiro atoms. The van der Waals surface area contributed by atoms with Crippen molar-refractivity contribution in [2.75, 3.05) is 13.3 Å². The van der Waals surface area contributed by atoms with Crippen molar-refractivity contribution in [2.24, 2.45) is 0 Å². The topological polar surface area (TPSA) is 91.9 Å². The van der Waals surface area contributed by atoms with Gasteiger partial charge in [-0.3, -0.25) is 9.59 Å². The van der Waals surface area contributed by atoms with Crippen LogP contribution in [0.1, 0.15) is 30.5 Å². The maximum absolute atomic E-state index is 13.0. The van der Waals surface area contributed by atoms with Gasteiger partial charge in [-0.05, 0) is 30.7 Å². The molecule has 1 aromatic heterocycles. The number of nitrogens with one attached hydrogen (secondary N) is 1. The van der Waals surface area contributed by atoms with Gasteiger partial charge in [0.15, 0.2) is 11.5 Å². The van der Waals surface area contributed by atoms with E-state index in [-0.39, 0.29) is 18.1 Å². The Hall–Kier alpha value is -3.74. The summed E-state index contributed by atoms with van der Waals surface area (Å²) < 4.78 is 10.7. The van der Waals surface area contributed by atoms with E-state index < -0.39 is 17.7 Å². The Morgan fingerprint density at radius 3 is 2.80 bits per heavy atom. The van der Waals surface area contributed by atoms with Crippen LogP contribution in [0.5, 0.6) is 11.5 Å². The average molecular weight is 404 g/mol. The van der Waals surface area contributed by atoms with E-state index in [0.717, 1.165) is 16.5 Å². The number of aromatic amines is 1. The Labute approximate surface area is 172 Å². The maximum Gasteiger partial charge on any atom is 0.295 e. The number of hydrogen-bond donors (Lipinski definition) is 2. The monoisotopic (exact) mass is 404 g/mol. The number of H-pyrrole nitrogens is 1. The van der Waals surface area contributed by atoms with Gasteiger partial charge in [0.25, 0.3) is 11.7 Å². The molecule has 0 saturated carbocycles. The number of hydrogen-bond acceptors (Lipinski definition) is 5. The van der Waals surface area contributed by atoms with Crippen molar-refractivity contribution < 1.29 is 24.2 Å². The fraction of sp³-hybridized carbons (Fsp3) is 0.217. The van der Waals surface area contributed by atoms with E-state index in [0.29, 0.717) is 30.0 Å². The number of benzene rings is 2. The first-order chi connectivity index (χ1) is 14.6. The molecule has 0 radical (unpaired) electrons. The van der Waals surface area contributed by atoms with E-state index in [2.05, 4.69) is 4.98 Å². The molecule has 2 aliphatic heterocycles.